The molecule has 0 aliphatic carbocycles. The molecule has 1 amide bonds. The molecule has 3 aromatic rings. The van der Waals surface area contributed by atoms with E-state index in [9.17, 15) is 9.59 Å². The molecule has 29 heavy (non-hydrogen) atoms. The van der Waals surface area contributed by atoms with Crippen LogP contribution in [0.3, 0.4) is 0 Å². The van der Waals surface area contributed by atoms with Gasteiger partial charge in [-0.25, -0.2) is 5.10 Å². The third-order valence-electron chi connectivity index (χ3n) is 5.43. The number of nitrogens with zero attached hydrogens (tertiary/aromatic N) is 2. The van der Waals surface area contributed by atoms with Crippen LogP contribution >= 0.6 is 0 Å². The Balaban J connectivity index is 1.58. The largest absolute Gasteiger partial charge is 0.497 e. The molecule has 1 unspecified atom stereocenters. The van der Waals surface area contributed by atoms with Crippen molar-refractivity contribution in [3.05, 3.63) is 70.1 Å². The average Bonchev–Trinajstić information content (AvgIpc) is 3.29. The van der Waals surface area contributed by atoms with Crippen molar-refractivity contribution in [2.75, 3.05) is 26.7 Å². The third kappa shape index (κ3) is 4.00. The molecular weight excluding hydrogens is 368 g/mol. The number of ether oxygens (including phenoxy) is 1. The van der Waals surface area contributed by atoms with Gasteiger partial charge >= 0.3 is 0 Å². The van der Waals surface area contributed by atoms with Crippen molar-refractivity contribution >= 4 is 16.7 Å². The molecule has 2 heterocycles. The molecule has 1 aliphatic rings. The van der Waals surface area contributed by atoms with Gasteiger partial charge in [-0.3, -0.25) is 14.5 Å². The second kappa shape index (κ2) is 8.45. The lowest BCUT2D eigenvalue weighted by Gasteiger charge is -2.28. The average molecular weight is 392 g/mol. The minimum Gasteiger partial charge on any atom is -0.497 e. The van der Waals surface area contributed by atoms with Crippen LogP contribution in [0.4, 0.5) is 0 Å². The first kappa shape index (κ1) is 19.1. The first-order chi connectivity index (χ1) is 14.2. The number of nitrogens with one attached hydrogen (secondary N) is 2. The Labute approximate surface area is 168 Å². The fourth-order valence-corrected chi connectivity index (χ4v) is 3.92. The molecule has 1 aliphatic heterocycles. The number of aromatic nitrogens is 2. The van der Waals surface area contributed by atoms with Crippen molar-refractivity contribution in [3.8, 4) is 5.75 Å². The molecule has 7 heteroatoms. The van der Waals surface area contributed by atoms with Crippen molar-refractivity contribution in [3.63, 3.8) is 0 Å². The maximum absolute atomic E-state index is 12.9. The number of H-pyrrole nitrogens is 1. The van der Waals surface area contributed by atoms with Crippen LogP contribution < -0.4 is 15.6 Å². The van der Waals surface area contributed by atoms with Gasteiger partial charge in [0.25, 0.3) is 11.5 Å². The standard InChI is InChI=1S/C22H24N4O3/c1-29-16-8-6-7-15(13-16)19(26-11-4-5-12-26)14-23-22(28)20-17-9-2-3-10-18(17)21(27)25-24-20/h2-3,6-10,13,19H,4-5,11-12,14H2,1H3,(H,23,28)(H,25,27). The first-order valence-electron chi connectivity index (χ1n) is 9.81. The molecular formula is C22H24N4O3. The summed E-state index contributed by atoms with van der Waals surface area (Å²) in [7, 11) is 1.65. The van der Waals surface area contributed by atoms with Crippen molar-refractivity contribution in [2.45, 2.75) is 18.9 Å². The molecule has 4 rings (SSSR count). The SMILES string of the molecule is COc1cccc(C(CNC(=O)c2n[nH]c(=O)c3ccccc23)N2CCCC2)c1. The monoisotopic (exact) mass is 392 g/mol. The number of aromatic amines is 1. The molecule has 150 valence electrons. The van der Waals surface area contributed by atoms with Crippen LogP contribution in [0.2, 0.25) is 0 Å². The summed E-state index contributed by atoms with van der Waals surface area (Å²) in [6, 6.07) is 15.0. The zero-order chi connectivity index (χ0) is 20.2. The predicted molar refractivity (Wildman–Crippen MR) is 111 cm³/mol. The van der Waals surface area contributed by atoms with Gasteiger partial charge < -0.3 is 10.1 Å². The number of methoxy groups -OCH3 is 1. The van der Waals surface area contributed by atoms with Crippen molar-refractivity contribution in [2.24, 2.45) is 0 Å². The number of hydrogen-bond acceptors (Lipinski definition) is 5. The summed E-state index contributed by atoms with van der Waals surface area (Å²) in [5.41, 5.74) is 1.03. The van der Waals surface area contributed by atoms with E-state index in [-0.39, 0.29) is 23.2 Å². The fraction of sp³-hybridized carbons (Fsp3) is 0.318. The molecule has 0 saturated carbocycles. The van der Waals surface area contributed by atoms with Crippen molar-refractivity contribution in [1.29, 1.82) is 0 Å². The molecule has 0 bridgehead atoms. The summed E-state index contributed by atoms with van der Waals surface area (Å²) in [6.45, 7) is 2.44. The van der Waals surface area contributed by atoms with E-state index < -0.39 is 0 Å². The number of likely N-dealkylation sites (tertiary alicyclic amines) is 1. The highest BCUT2D eigenvalue weighted by Gasteiger charge is 2.25. The van der Waals surface area contributed by atoms with Crippen LogP contribution in [-0.4, -0.2) is 47.7 Å². The fourth-order valence-electron chi connectivity index (χ4n) is 3.92. The van der Waals surface area contributed by atoms with Gasteiger partial charge in [-0.15, -0.1) is 0 Å². The number of benzene rings is 2. The van der Waals surface area contributed by atoms with E-state index in [1.807, 2.05) is 18.2 Å². The van der Waals surface area contributed by atoms with Crippen LogP contribution in [0.5, 0.6) is 5.75 Å². The summed E-state index contributed by atoms with van der Waals surface area (Å²) < 4.78 is 5.37. The number of amides is 1. The lowest BCUT2D eigenvalue weighted by molar-refractivity contribution is 0.0933. The van der Waals surface area contributed by atoms with E-state index in [1.165, 1.54) is 0 Å². The van der Waals surface area contributed by atoms with Gasteiger partial charge in [0, 0.05) is 11.9 Å². The number of carbonyl (C=O) groups excluding carboxylic acids is 1. The molecule has 1 fully saturated rings. The summed E-state index contributed by atoms with van der Waals surface area (Å²) >= 11 is 0. The quantitative estimate of drug-likeness (QED) is 0.673. The van der Waals surface area contributed by atoms with Crippen LogP contribution in [-0.2, 0) is 0 Å². The van der Waals surface area contributed by atoms with Crippen LogP contribution in [0.25, 0.3) is 10.8 Å². The zero-order valence-electron chi connectivity index (χ0n) is 16.4. The topological polar surface area (TPSA) is 87.3 Å². The molecule has 0 spiro atoms. The van der Waals surface area contributed by atoms with E-state index >= 15 is 0 Å². The van der Waals surface area contributed by atoms with E-state index in [2.05, 4.69) is 26.5 Å². The smallest absolute Gasteiger partial charge is 0.272 e. The number of carbonyl (C=O) groups is 1. The molecule has 1 atom stereocenters. The van der Waals surface area contributed by atoms with Crippen LogP contribution in [0.15, 0.2) is 53.3 Å². The highest BCUT2D eigenvalue weighted by Crippen LogP contribution is 2.27. The maximum Gasteiger partial charge on any atom is 0.272 e. The van der Waals surface area contributed by atoms with Crippen molar-refractivity contribution < 1.29 is 9.53 Å². The van der Waals surface area contributed by atoms with Gasteiger partial charge in [0.1, 0.15) is 5.75 Å². The van der Waals surface area contributed by atoms with Crippen LogP contribution in [0, 0.1) is 0 Å². The molecule has 1 saturated heterocycles. The van der Waals surface area contributed by atoms with Crippen molar-refractivity contribution in [1.82, 2.24) is 20.4 Å². The predicted octanol–water partition coefficient (Wildman–Crippen LogP) is 2.50. The van der Waals surface area contributed by atoms with Crippen LogP contribution in [0.1, 0.15) is 34.9 Å². The Morgan fingerprint density at radius 3 is 2.69 bits per heavy atom. The minimum absolute atomic E-state index is 0.0468. The second-order valence-corrected chi connectivity index (χ2v) is 7.19. The van der Waals surface area contributed by atoms with Gasteiger partial charge in [0.15, 0.2) is 5.69 Å². The van der Waals surface area contributed by atoms with Gasteiger partial charge in [0.05, 0.1) is 18.5 Å². The zero-order valence-corrected chi connectivity index (χ0v) is 16.4. The second-order valence-electron chi connectivity index (χ2n) is 7.19. The van der Waals surface area contributed by atoms with E-state index in [1.54, 1.807) is 31.4 Å². The van der Waals surface area contributed by atoms with E-state index in [4.69, 9.17) is 4.74 Å². The number of rotatable bonds is 6. The van der Waals surface area contributed by atoms with Gasteiger partial charge in [0.2, 0.25) is 0 Å². The lowest BCUT2D eigenvalue weighted by atomic mass is 10.0. The van der Waals surface area contributed by atoms with E-state index in [0.717, 1.165) is 37.2 Å². The van der Waals surface area contributed by atoms with Gasteiger partial charge in [-0.1, -0.05) is 30.3 Å². The molecule has 7 nitrogen and oxygen atoms in total. The molecule has 1 aromatic heterocycles. The highest BCUT2D eigenvalue weighted by molar-refractivity contribution is 6.04. The normalized spacial score (nSPS) is 15.3. The number of fused-ring (bicyclic) bond motifs is 1. The molecule has 2 aromatic carbocycles. The Bertz CT molecular complexity index is 1070. The summed E-state index contributed by atoms with van der Waals surface area (Å²) in [6.07, 6.45) is 2.31. The first-order valence-corrected chi connectivity index (χ1v) is 9.81. The minimum atomic E-state index is -0.302. The summed E-state index contributed by atoms with van der Waals surface area (Å²) in [5, 5.41) is 10.4. The Morgan fingerprint density at radius 2 is 1.93 bits per heavy atom. The van der Waals surface area contributed by atoms with Gasteiger partial charge in [-0.05, 0) is 49.7 Å². The Kier molecular flexibility index (Phi) is 5.57. The summed E-state index contributed by atoms with van der Waals surface area (Å²) in [5.74, 6) is 0.496. The Morgan fingerprint density at radius 1 is 1.17 bits per heavy atom. The van der Waals surface area contributed by atoms with Gasteiger partial charge in [-0.2, -0.15) is 5.10 Å². The van der Waals surface area contributed by atoms with E-state index in [0.29, 0.717) is 17.3 Å². The molecule has 2 N–H and O–H groups in total. The maximum atomic E-state index is 12.9. The highest BCUT2D eigenvalue weighted by atomic mass is 16.5. The number of hydrogen-bond donors (Lipinski definition) is 2. The molecule has 0 radical (unpaired) electrons. The Hall–Kier alpha value is -3.19. The lowest BCUT2D eigenvalue weighted by Crippen LogP contribution is -2.37. The summed E-state index contributed by atoms with van der Waals surface area (Å²) in [4.78, 5) is 27.3. The third-order valence-corrected chi connectivity index (χ3v) is 5.43.